The third-order valence-electron chi connectivity index (χ3n) is 5.63. The zero-order valence-corrected chi connectivity index (χ0v) is 18.9. The summed E-state index contributed by atoms with van der Waals surface area (Å²) in [6, 6.07) is 0. The Balaban J connectivity index is 1.70. The summed E-state index contributed by atoms with van der Waals surface area (Å²) in [5, 5.41) is 0. The molecule has 0 N–H and O–H groups in total. The lowest BCUT2D eigenvalue weighted by Crippen LogP contribution is -2.32. The van der Waals surface area contributed by atoms with E-state index >= 15 is 0 Å². The fourth-order valence-electron chi connectivity index (χ4n) is 3.71. The Morgan fingerprint density at radius 2 is 2.00 bits per heavy atom. The molecule has 28 heavy (non-hydrogen) atoms. The Morgan fingerprint density at radius 1 is 1.21 bits per heavy atom. The molecule has 1 unspecified atom stereocenters. The van der Waals surface area contributed by atoms with Gasteiger partial charge >= 0.3 is 5.97 Å². The minimum Gasteiger partial charge on any atom is -0.465 e. The van der Waals surface area contributed by atoms with Crippen LogP contribution in [0.5, 0.6) is 0 Å². The number of nitrogens with zero attached hydrogens (tertiary/aromatic N) is 1. The molecule has 1 atom stereocenters. The average molecular weight is 408 g/mol. The van der Waals surface area contributed by atoms with Gasteiger partial charge in [-0.15, -0.1) is 11.8 Å². The van der Waals surface area contributed by atoms with Crippen LogP contribution in [0.4, 0.5) is 0 Å². The fraction of sp³-hybridized carbons (Fsp3) is 0.739. The SMILES string of the molecule is CCCCC(CC)COC(=O)CCSC1=CC2=C(CC1)CN(C(=O)C(C)C)C2. The number of ether oxygens (including phenoxy) is 1. The fourth-order valence-corrected chi connectivity index (χ4v) is 4.72. The number of esters is 1. The van der Waals surface area contributed by atoms with Gasteiger partial charge in [0, 0.05) is 24.8 Å². The Labute approximate surface area is 175 Å². The number of amides is 1. The number of thioether (sulfide) groups is 1. The van der Waals surface area contributed by atoms with Crippen molar-refractivity contribution in [3.05, 3.63) is 22.1 Å². The molecule has 2 aliphatic rings. The van der Waals surface area contributed by atoms with Crippen LogP contribution in [0.1, 0.15) is 72.6 Å². The van der Waals surface area contributed by atoms with Crippen molar-refractivity contribution in [2.24, 2.45) is 11.8 Å². The molecule has 0 aromatic heterocycles. The zero-order valence-electron chi connectivity index (χ0n) is 18.1. The molecule has 1 amide bonds. The van der Waals surface area contributed by atoms with Crippen molar-refractivity contribution in [1.82, 2.24) is 4.90 Å². The van der Waals surface area contributed by atoms with Gasteiger partial charge in [0.2, 0.25) is 5.91 Å². The van der Waals surface area contributed by atoms with Gasteiger partial charge < -0.3 is 9.64 Å². The van der Waals surface area contributed by atoms with Crippen molar-refractivity contribution in [3.63, 3.8) is 0 Å². The van der Waals surface area contributed by atoms with E-state index in [0.717, 1.165) is 44.5 Å². The lowest BCUT2D eigenvalue weighted by Gasteiger charge is -2.18. The highest BCUT2D eigenvalue weighted by molar-refractivity contribution is 8.03. The predicted molar refractivity (Wildman–Crippen MR) is 117 cm³/mol. The monoisotopic (exact) mass is 407 g/mol. The molecule has 0 aromatic carbocycles. The molecular weight excluding hydrogens is 370 g/mol. The molecule has 4 nitrogen and oxygen atoms in total. The van der Waals surface area contributed by atoms with Crippen LogP contribution in [0.3, 0.4) is 0 Å². The minimum atomic E-state index is -0.0756. The maximum absolute atomic E-state index is 12.2. The second-order valence-corrected chi connectivity index (χ2v) is 9.51. The van der Waals surface area contributed by atoms with Crippen molar-refractivity contribution in [2.45, 2.75) is 72.6 Å². The molecule has 0 bridgehead atoms. The molecule has 0 spiro atoms. The summed E-state index contributed by atoms with van der Waals surface area (Å²) in [5.41, 5.74) is 2.72. The summed E-state index contributed by atoms with van der Waals surface area (Å²) < 4.78 is 5.49. The summed E-state index contributed by atoms with van der Waals surface area (Å²) in [6.45, 7) is 10.4. The molecule has 1 aliphatic carbocycles. The van der Waals surface area contributed by atoms with Crippen LogP contribution >= 0.6 is 11.8 Å². The van der Waals surface area contributed by atoms with Gasteiger partial charge in [-0.05, 0) is 47.3 Å². The maximum Gasteiger partial charge on any atom is 0.306 e. The molecular formula is C23H37NO3S. The van der Waals surface area contributed by atoms with Gasteiger partial charge in [0.05, 0.1) is 13.0 Å². The summed E-state index contributed by atoms with van der Waals surface area (Å²) >= 11 is 1.77. The largest absolute Gasteiger partial charge is 0.465 e. The van der Waals surface area contributed by atoms with Gasteiger partial charge in [-0.2, -0.15) is 0 Å². The van der Waals surface area contributed by atoms with Crippen molar-refractivity contribution in [3.8, 4) is 0 Å². The normalized spacial score (nSPS) is 17.6. The molecule has 0 aromatic rings. The van der Waals surface area contributed by atoms with Crippen LogP contribution in [-0.4, -0.2) is 42.2 Å². The average Bonchev–Trinajstić information content (AvgIpc) is 3.10. The van der Waals surface area contributed by atoms with Crippen LogP contribution < -0.4 is 0 Å². The van der Waals surface area contributed by atoms with E-state index in [1.54, 1.807) is 11.8 Å². The number of allylic oxidation sites excluding steroid dienone is 1. The molecule has 0 saturated heterocycles. The quantitative estimate of drug-likeness (QED) is 0.434. The van der Waals surface area contributed by atoms with Crippen LogP contribution in [0.25, 0.3) is 0 Å². The molecule has 0 radical (unpaired) electrons. The van der Waals surface area contributed by atoms with E-state index in [2.05, 4.69) is 19.9 Å². The van der Waals surface area contributed by atoms with Crippen molar-refractivity contribution in [1.29, 1.82) is 0 Å². The summed E-state index contributed by atoms with van der Waals surface area (Å²) in [7, 11) is 0. The number of hydrogen-bond donors (Lipinski definition) is 0. The highest BCUT2D eigenvalue weighted by Crippen LogP contribution is 2.35. The van der Waals surface area contributed by atoms with Gasteiger partial charge in [0.1, 0.15) is 0 Å². The highest BCUT2D eigenvalue weighted by Gasteiger charge is 2.28. The first-order valence-electron chi connectivity index (χ1n) is 10.9. The summed E-state index contributed by atoms with van der Waals surface area (Å²) in [6.07, 6.45) is 9.40. The van der Waals surface area contributed by atoms with Gasteiger partial charge in [-0.1, -0.05) is 47.0 Å². The van der Waals surface area contributed by atoms with Gasteiger partial charge in [0.25, 0.3) is 0 Å². The number of carbonyl (C=O) groups is 2. The van der Waals surface area contributed by atoms with Gasteiger partial charge in [-0.25, -0.2) is 0 Å². The first kappa shape index (κ1) is 23.1. The van der Waals surface area contributed by atoms with Crippen LogP contribution in [0.15, 0.2) is 22.1 Å². The number of hydrogen-bond acceptors (Lipinski definition) is 4. The Bertz CT molecular complexity index is 609. The van der Waals surface area contributed by atoms with E-state index in [4.69, 9.17) is 4.74 Å². The smallest absolute Gasteiger partial charge is 0.306 e. The van der Waals surface area contributed by atoms with E-state index in [1.165, 1.54) is 28.9 Å². The molecule has 1 aliphatic heterocycles. The highest BCUT2D eigenvalue weighted by atomic mass is 32.2. The minimum absolute atomic E-state index is 0.0551. The topological polar surface area (TPSA) is 46.6 Å². The summed E-state index contributed by atoms with van der Waals surface area (Å²) in [4.78, 5) is 27.6. The lowest BCUT2D eigenvalue weighted by atomic mass is 10.0. The van der Waals surface area contributed by atoms with Crippen LogP contribution in [0.2, 0.25) is 0 Å². The van der Waals surface area contributed by atoms with Crippen LogP contribution in [0, 0.1) is 11.8 Å². The maximum atomic E-state index is 12.2. The molecule has 1 heterocycles. The first-order chi connectivity index (χ1) is 13.4. The Morgan fingerprint density at radius 3 is 2.68 bits per heavy atom. The van der Waals surface area contributed by atoms with Crippen LogP contribution in [-0.2, 0) is 14.3 Å². The molecule has 5 heteroatoms. The van der Waals surface area contributed by atoms with Crippen molar-refractivity contribution < 1.29 is 14.3 Å². The summed E-state index contributed by atoms with van der Waals surface area (Å²) in [5.74, 6) is 1.49. The number of carbonyl (C=O) groups excluding carboxylic acids is 2. The number of unbranched alkanes of at least 4 members (excludes halogenated alkanes) is 1. The van der Waals surface area contributed by atoms with E-state index in [-0.39, 0.29) is 17.8 Å². The standard InChI is InChI=1S/C23H37NO3S/c1-5-7-8-18(6-2)16-27-22(25)11-12-28-21-10-9-19-14-24(15-20(19)13-21)23(26)17(3)4/h13,17-18H,5-12,14-16H2,1-4H3. The third-order valence-corrected chi connectivity index (χ3v) is 6.73. The Hall–Kier alpha value is -1.23. The van der Waals surface area contributed by atoms with Crippen molar-refractivity contribution >= 4 is 23.6 Å². The second-order valence-electron chi connectivity index (χ2n) is 8.29. The molecule has 2 rings (SSSR count). The third kappa shape index (κ3) is 6.98. The molecule has 0 saturated carbocycles. The predicted octanol–water partition coefficient (Wildman–Crippen LogP) is 5.34. The van der Waals surface area contributed by atoms with Crippen molar-refractivity contribution in [2.75, 3.05) is 25.4 Å². The Kier molecular flexibility index (Phi) is 9.63. The van der Waals surface area contributed by atoms with E-state index in [0.29, 0.717) is 18.9 Å². The number of rotatable bonds is 11. The lowest BCUT2D eigenvalue weighted by molar-refractivity contribution is -0.144. The zero-order chi connectivity index (χ0) is 20.5. The van der Waals surface area contributed by atoms with E-state index in [1.807, 2.05) is 18.7 Å². The molecule has 0 fully saturated rings. The van der Waals surface area contributed by atoms with E-state index in [9.17, 15) is 9.59 Å². The van der Waals surface area contributed by atoms with E-state index < -0.39 is 0 Å². The van der Waals surface area contributed by atoms with Gasteiger partial charge in [0.15, 0.2) is 0 Å². The molecule has 158 valence electrons. The second kappa shape index (κ2) is 11.7. The first-order valence-corrected chi connectivity index (χ1v) is 11.9. The van der Waals surface area contributed by atoms with Gasteiger partial charge in [-0.3, -0.25) is 9.59 Å².